The van der Waals surface area contributed by atoms with Crippen LogP contribution in [0.4, 0.5) is 10.5 Å². The number of nitrogens with zero attached hydrogens (tertiary/aromatic N) is 2. The van der Waals surface area contributed by atoms with Crippen LogP contribution >= 0.6 is 27.5 Å². The van der Waals surface area contributed by atoms with Crippen molar-refractivity contribution in [2.24, 2.45) is 0 Å². The fraction of sp³-hybridized carbons (Fsp3) is 0.125. The number of rotatable bonds is 3. The lowest BCUT2D eigenvalue weighted by Gasteiger charge is -2.06. The van der Waals surface area contributed by atoms with Gasteiger partial charge >= 0.3 is 6.03 Å². The van der Waals surface area contributed by atoms with E-state index in [0.717, 1.165) is 21.4 Å². The second-order valence-electron chi connectivity index (χ2n) is 5.12. The van der Waals surface area contributed by atoms with Gasteiger partial charge in [-0.1, -0.05) is 11.6 Å². The van der Waals surface area contributed by atoms with Crippen LogP contribution in [0.25, 0.3) is 5.65 Å². The molecule has 5 nitrogen and oxygen atoms in total. The smallest absolute Gasteiger partial charge is 0.319 e. The molecule has 23 heavy (non-hydrogen) atoms. The maximum atomic E-state index is 11.9. The molecule has 0 aliphatic rings. The van der Waals surface area contributed by atoms with Gasteiger partial charge in [0, 0.05) is 27.6 Å². The van der Waals surface area contributed by atoms with Gasteiger partial charge in [0.25, 0.3) is 0 Å². The van der Waals surface area contributed by atoms with E-state index < -0.39 is 0 Å². The molecule has 3 rings (SSSR count). The molecule has 0 fully saturated rings. The molecule has 0 bridgehead atoms. The Hall–Kier alpha value is -2.05. The molecule has 0 saturated heterocycles. The average Bonchev–Trinajstić information content (AvgIpc) is 2.91. The largest absolute Gasteiger partial charge is 0.332 e. The van der Waals surface area contributed by atoms with E-state index >= 15 is 0 Å². The molecular weight excluding hydrogens is 380 g/mol. The molecule has 0 atom stereocenters. The maximum Gasteiger partial charge on any atom is 0.319 e. The fourth-order valence-electron chi connectivity index (χ4n) is 2.24. The Kier molecular flexibility index (Phi) is 4.54. The number of amides is 2. The summed E-state index contributed by atoms with van der Waals surface area (Å²) in [4.78, 5) is 16.4. The van der Waals surface area contributed by atoms with Gasteiger partial charge < -0.3 is 15.0 Å². The molecule has 2 heterocycles. The lowest BCUT2D eigenvalue weighted by atomic mass is 10.3. The lowest BCUT2D eigenvalue weighted by Crippen LogP contribution is -2.28. The van der Waals surface area contributed by atoms with Crippen molar-refractivity contribution in [1.29, 1.82) is 0 Å². The standard InChI is InChI=1S/C16H14BrClN4O/c1-10-6-11(17)8-22-9-14(20-15(10)22)7-19-16(23)21-13-4-2-12(18)3-5-13/h2-6,8-9H,7H2,1H3,(H2,19,21,23). The number of benzene rings is 1. The van der Waals surface area contributed by atoms with Crippen LogP contribution in [0.2, 0.25) is 5.02 Å². The van der Waals surface area contributed by atoms with Crippen LogP contribution in [-0.2, 0) is 6.54 Å². The second kappa shape index (κ2) is 6.60. The number of nitrogens with one attached hydrogen (secondary N) is 2. The Morgan fingerprint density at radius 2 is 2.04 bits per heavy atom. The van der Waals surface area contributed by atoms with Gasteiger partial charge in [0.1, 0.15) is 5.65 Å². The Morgan fingerprint density at radius 1 is 1.30 bits per heavy atom. The van der Waals surface area contributed by atoms with Crippen LogP contribution in [0.1, 0.15) is 11.3 Å². The highest BCUT2D eigenvalue weighted by Gasteiger charge is 2.07. The van der Waals surface area contributed by atoms with Gasteiger partial charge in [-0.15, -0.1) is 0 Å². The summed E-state index contributed by atoms with van der Waals surface area (Å²) in [6, 6.07) is 8.65. The third-order valence-electron chi connectivity index (χ3n) is 3.28. The number of hydrogen-bond donors (Lipinski definition) is 2. The summed E-state index contributed by atoms with van der Waals surface area (Å²) in [5, 5.41) is 6.16. The number of imidazole rings is 1. The Labute approximate surface area is 146 Å². The molecule has 2 N–H and O–H groups in total. The van der Waals surface area contributed by atoms with E-state index in [-0.39, 0.29) is 6.03 Å². The van der Waals surface area contributed by atoms with Crippen molar-refractivity contribution < 1.29 is 4.79 Å². The number of carbonyl (C=O) groups is 1. The van der Waals surface area contributed by atoms with Crippen molar-refractivity contribution in [3.8, 4) is 0 Å². The average molecular weight is 394 g/mol. The minimum Gasteiger partial charge on any atom is -0.332 e. The van der Waals surface area contributed by atoms with Crippen molar-refractivity contribution in [3.63, 3.8) is 0 Å². The topological polar surface area (TPSA) is 58.4 Å². The van der Waals surface area contributed by atoms with Gasteiger partial charge in [-0.05, 0) is 58.7 Å². The quantitative estimate of drug-likeness (QED) is 0.694. The third kappa shape index (κ3) is 3.83. The fourth-order valence-corrected chi connectivity index (χ4v) is 2.93. The maximum absolute atomic E-state index is 11.9. The molecule has 0 aliphatic carbocycles. The monoisotopic (exact) mass is 392 g/mol. The molecule has 118 valence electrons. The second-order valence-corrected chi connectivity index (χ2v) is 6.47. The predicted molar refractivity (Wildman–Crippen MR) is 94.9 cm³/mol. The van der Waals surface area contributed by atoms with Gasteiger partial charge in [0.05, 0.1) is 12.2 Å². The first-order chi connectivity index (χ1) is 11.0. The number of urea groups is 1. The Morgan fingerprint density at radius 3 is 2.78 bits per heavy atom. The molecule has 7 heteroatoms. The first kappa shape index (κ1) is 15.8. The first-order valence-electron chi connectivity index (χ1n) is 6.95. The Bertz CT molecular complexity index is 860. The van der Waals surface area contributed by atoms with E-state index in [2.05, 4.69) is 31.5 Å². The third-order valence-corrected chi connectivity index (χ3v) is 3.97. The number of carbonyl (C=O) groups excluding carboxylic acids is 1. The number of anilines is 1. The minimum absolute atomic E-state index is 0.290. The minimum atomic E-state index is -0.290. The normalized spacial score (nSPS) is 10.7. The highest BCUT2D eigenvalue weighted by molar-refractivity contribution is 9.10. The molecule has 0 unspecified atom stereocenters. The summed E-state index contributed by atoms with van der Waals surface area (Å²) in [6.45, 7) is 2.34. The van der Waals surface area contributed by atoms with Gasteiger partial charge in [-0.3, -0.25) is 0 Å². The molecule has 3 aromatic rings. The van der Waals surface area contributed by atoms with Crippen LogP contribution in [0.15, 0.2) is 47.2 Å². The Balaban J connectivity index is 1.64. The summed E-state index contributed by atoms with van der Waals surface area (Å²) in [5.41, 5.74) is 3.42. The highest BCUT2D eigenvalue weighted by atomic mass is 79.9. The molecule has 0 aliphatic heterocycles. The van der Waals surface area contributed by atoms with Crippen molar-refractivity contribution in [1.82, 2.24) is 14.7 Å². The van der Waals surface area contributed by atoms with Crippen molar-refractivity contribution in [2.45, 2.75) is 13.5 Å². The molecule has 2 aromatic heterocycles. The number of aryl methyl sites for hydroxylation is 1. The van der Waals surface area contributed by atoms with Crippen LogP contribution in [0.3, 0.4) is 0 Å². The zero-order chi connectivity index (χ0) is 16.4. The molecule has 1 aromatic carbocycles. The SMILES string of the molecule is Cc1cc(Br)cn2cc(CNC(=O)Nc3ccc(Cl)cc3)nc12. The highest BCUT2D eigenvalue weighted by Crippen LogP contribution is 2.17. The van der Waals surface area contributed by atoms with Crippen LogP contribution < -0.4 is 10.6 Å². The summed E-state index contributed by atoms with van der Waals surface area (Å²) in [5.74, 6) is 0. The first-order valence-corrected chi connectivity index (χ1v) is 8.12. The van der Waals surface area contributed by atoms with Gasteiger partial charge in [-0.2, -0.15) is 0 Å². The van der Waals surface area contributed by atoms with E-state index in [9.17, 15) is 4.79 Å². The zero-order valence-electron chi connectivity index (χ0n) is 12.3. The molecule has 0 radical (unpaired) electrons. The van der Waals surface area contributed by atoms with Gasteiger partial charge in [-0.25, -0.2) is 9.78 Å². The summed E-state index contributed by atoms with van der Waals surface area (Å²) >= 11 is 9.27. The van der Waals surface area contributed by atoms with E-state index in [4.69, 9.17) is 11.6 Å². The van der Waals surface area contributed by atoms with Crippen LogP contribution in [0, 0.1) is 6.92 Å². The van der Waals surface area contributed by atoms with Gasteiger partial charge in [0.15, 0.2) is 0 Å². The van der Waals surface area contributed by atoms with E-state index in [1.807, 2.05) is 29.8 Å². The summed E-state index contributed by atoms with van der Waals surface area (Å²) in [7, 11) is 0. The summed E-state index contributed by atoms with van der Waals surface area (Å²) < 4.78 is 2.92. The van der Waals surface area contributed by atoms with Gasteiger partial charge in [0.2, 0.25) is 0 Å². The van der Waals surface area contributed by atoms with Crippen molar-refractivity contribution in [2.75, 3.05) is 5.32 Å². The molecule has 0 saturated carbocycles. The molecule has 0 spiro atoms. The molecule has 2 amide bonds. The number of fused-ring (bicyclic) bond motifs is 1. The number of aromatic nitrogens is 2. The van der Waals surface area contributed by atoms with Crippen LogP contribution in [-0.4, -0.2) is 15.4 Å². The summed E-state index contributed by atoms with van der Waals surface area (Å²) in [6.07, 6.45) is 3.84. The van der Waals surface area contributed by atoms with Crippen molar-refractivity contribution in [3.05, 3.63) is 63.5 Å². The zero-order valence-corrected chi connectivity index (χ0v) is 14.6. The predicted octanol–water partition coefficient (Wildman–Crippen LogP) is 4.38. The lowest BCUT2D eigenvalue weighted by molar-refractivity contribution is 0.251. The number of pyridine rings is 1. The molecular formula is C16H14BrClN4O. The van der Waals surface area contributed by atoms with Crippen molar-refractivity contribution >= 4 is 44.9 Å². The number of halogens is 2. The number of hydrogen-bond acceptors (Lipinski definition) is 2. The van der Waals surface area contributed by atoms with E-state index in [1.165, 1.54) is 0 Å². The van der Waals surface area contributed by atoms with E-state index in [1.54, 1.807) is 24.3 Å². The van der Waals surface area contributed by atoms with E-state index in [0.29, 0.717) is 17.3 Å². The van der Waals surface area contributed by atoms with Crippen LogP contribution in [0.5, 0.6) is 0 Å².